The first kappa shape index (κ1) is 15.1. The van der Waals surface area contributed by atoms with Crippen LogP contribution in [-0.2, 0) is 4.74 Å². The highest BCUT2D eigenvalue weighted by atomic mass is 16.5. The Bertz CT molecular complexity index is 397. The van der Waals surface area contributed by atoms with Gasteiger partial charge in [0.05, 0.1) is 12.2 Å². The summed E-state index contributed by atoms with van der Waals surface area (Å²) in [6.07, 6.45) is 5.34. The van der Waals surface area contributed by atoms with Crippen LogP contribution in [0.5, 0.6) is 0 Å². The zero-order valence-corrected chi connectivity index (χ0v) is 13.2. The lowest BCUT2D eigenvalue weighted by molar-refractivity contribution is -0.170. The minimum absolute atomic E-state index is 0.00725. The third-order valence-electron chi connectivity index (χ3n) is 5.94. The maximum absolute atomic E-state index is 12.4. The zero-order valence-electron chi connectivity index (χ0n) is 13.2. The molecule has 3 fully saturated rings. The number of carbonyl (C=O) groups is 1. The van der Waals surface area contributed by atoms with Crippen molar-refractivity contribution in [3.63, 3.8) is 0 Å². The number of hydrogen-bond acceptors (Lipinski definition) is 3. The summed E-state index contributed by atoms with van der Waals surface area (Å²) in [7, 11) is 0. The molecule has 2 amide bonds. The second-order valence-corrected chi connectivity index (χ2v) is 7.05. The van der Waals surface area contributed by atoms with Gasteiger partial charge in [0, 0.05) is 31.2 Å². The lowest BCUT2D eigenvalue weighted by Gasteiger charge is -2.61. The third-order valence-corrected chi connectivity index (χ3v) is 5.94. The minimum atomic E-state index is -0.389. The summed E-state index contributed by atoms with van der Waals surface area (Å²) < 4.78 is 5.82. The van der Waals surface area contributed by atoms with Crippen molar-refractivity contribution in [3.8, 4) is 0 Å². The van der Waals surface area contributed by atoms with E-state index in [1.807, 2.05) is 13.8 Å². The van der Waals surface area contributed by atoms with Crippen LogP contribution in [0.15, 0.2) is 0 Å². The number of urea groups is 1. The van der Waals surface area contributed by atoms with E-state index < -0.39 is 0 Å². The van der Waals surface area contributed by atoms with E-state index in [0.29, 0.717) is 12.6 Å². The topological polar surface area (TPSA) is 61.8 Å². The van der Waals surface area contributed by atoms with Crippen LogP contribution in [0.3, 0.4) is 0 Å². The van der Waals surface area contributed by atoms with E-state index in [-0.39, 0.29) is 29.5 Å². The van der Waals surface area contributed by atoms with Crippen LogP contribution < -0.4 is 5.32 Å². The van der Waals surface area contributed by atoms with Gasteiger partial charge in [-0.1, -0.05) is 13.3 Å². The maximum atomic E-state index is 12.4. The summed E-state index contributed by atoms with van der Waals surface area (Å²) in [4.78, 5) is 14.2. The van der Waals surface area contributed by atoms with Gasteiger partial charge in [0.1, 0.15) is 0 Å². The van der Waals surface area contributed by atoms with Crippen LogP contribution in [-0.4, -0.2) is 54.0 Å². The predicted molar refractivity (Wildman–Crippen MR) is 80.0 cm³/mol. The molecule has 0 aromatic carbocycles. The minimum Gasteiger partial charge on any atom is -0.391 e. The fraction of sp³-hybridized carbons (Fsp3) is 0.938. The molecule has 21 heavy (non-hydrogen) atoms. The number of rotatable bonds is 3. The Labute approximate surface area is 127 Å². The highest BCUT2D eigenvalue weighted by Crippen LogP contribution is 2.57. The van der Waals surface area contributed by atoms with Crippen LogP contribution in [0.4, 0.5) is 4.79 Å². The number of amides is 2. The standard InChI is InChI=1S/C16H28N2O3/c1-3-21-14-9-13(16(14)6-4-7-16)17-15(20)18-8-5-11(2)12(19)10-18/h11-14,19H,3-10H2,1-2H3,(H,17,20). The summed E-state index contributed by atoms with van der Waals surface area (Å²) in [5.74, 6) is 0.290. The Balaban J connectivity index is 1.54. The van der Waals surface area contributed by atoms with E-state index in [1.165, 1.54) is 19.3 Å². The Morgan fingerprint density at radius 3 is 2.81 bits per heavy atom. The van der Waals surface area contributed by atoms with Crippen molar-refractivity contribution in [1.29, 1.82) is 0 Å². The summed E-state index contributed by atoms with van der Waals surface area (Å²) in [6.45, 7) is 6.04. The van der Waals surface area contributed by atoms with Gasteiger partial charge >= 0.3 is 6.03 Å². The molecule has 3 rings (SSSR count). The highest BCUT2D eigenvalue weighted by molar-refractivity contribution is 5.75. The van der Waals surface area contributed by atoms with Gasteiger partial charge < -0.3 is 20.1 Å². The van der Waals surface area contributed by atoms with Gasteiger partial charge in [-0.15, -0.1) is 0 Å². The molecular weight excluding hydrogens is 268 g/mol. The fourth-order valence-electron chi connectivity index (χ4n) is 4.11. The van der Waals surface area contributed by atoms with E-state index in [2.05, 4.69) is 5.32 Å². The molecule has 1 aliphatic heterocycles. The number of nitrogens with one attached hydrogen (secondary N) is 1. The average Bonchev–Trinajstić information content (AvgIpc) is 2.38. The van der Waals surface area contributed by atoms with Gasteiger partial charge in [0.15, 0.2) is 0 Å². The fourth-order valence-corrected chi connectivity index (χ4v) is 4.11. The first-order valence-corrected chi connectivity index (χ1v) is 8.42. The summed E-state index contributed by atoms with van der Waals surface area (Å²) in [6, 6.07) is 0.249. The number of β-amino-alcohol motifs (C(OH)–C–C–N with tert-alkyl or cyclic N) is 1. The van der Waals surface area contributed by atoms with Gasteiger partial charge in [0.25, 0.3) is 0 Å². The molecule has 5 nitrogen and oxygen atoms in total. The van der Waals surface area contributed by atoms with E-state index in [1.54, 1.807) is 4.90 Å². The number of hydrogen-bond donors (Lipinski definition) is 2. The normalized spacial score (nSPS) is 37.8. The highest BCUT2D eigenvalue weighted by Gasteiger charge is 2.59. The Hall–Kier alpha value is -0.810. The number of ether oxygens (including phenoxy) is 1. The van der Waals surface area contributed by atoms with Crippen molar-refractivity contribution in [2.45, 2.75) is 64.2 Å². The SMILES string of the molecule is CCOC1CC(NC(=O)N2CCC(C)C(O)C2)C12CCC2. The molecule has 2 aliphatic carbocycles. The Kier molecular flexibility index (Phi) is 4.14. The van der Waals surface area contributed by atoms with Crippen molar-refractivity contribution in [2.24, 2.45) is 11.3 Å². The van der Waals surface area contributed by atoms with Crippen molar-refractivity contribution in [1.82, 2.24) is 10.2 Å². The van der Waals surface area contributed by atoms with Gasteiger partial charge in [-0.25, -0.2) is 4.79 Å². The van der Waals surface area contributed by atoms with Crippen LogP contribution >= 0.6 is 0 Å². The van der Waals surface area contributed by atoms with Crippen molar-refractivity contribution in [2.75, 3.05) is 19.7 Å². The van der Waals surface area contributed by atoms with Gasteiger partial charge in [-0.2, -0.15) is 0 Å². The van der Waals surface area contributed by atoms with Crippen molar-refractivity contribution >= 4 is 6.03 Å². The molecule has 0 aromatic rings. The molecule has 2 saturated carbocycles. The predicted octanol–water partition coefficient (Wildman–Crippen LogP) is 1.75. The number of likely N-dealkylation sites (tertiary alicyclic amines) is 1. The summed E-state index contributed by atoms with van der Waals surface area (Å²) in [5, 5.41) is 13.1. The van der Waals surface area contributed by atoms with Gasteiger partial charge in [-0.3, -0.25) is 0 Å². The molecular formula is C16H28N2O3. The van der Waals surface area contributed by atoms with Crippen LogP contribution in [0.2, 0.25) is 0 Å². The molecule has 120 valence electrons. The quantitative estimate of drug-likeness (QED) is 0.834. The monoisotopic (exact) mass is 296 g/mol. The molecule has 0 aromatic heterocycles. The van der Waals surface area contributed by atoms with E-state index >= 15 is 0 Å². The zero-order chi connectivity index (χ0) is 15.0. The number of aliphatic hydroxyl groups excluding tert-OH is 1. The maximum Gasteiger partial charge on any atom is 0.317 e. The average molecular weight is 296 g/mol. The van der Waals surface area contributed by atoms with E-state index in [0.717, 1.165) is 26.0 Å². The molecule has 1 spiro atoms. The van der Waals surface area contributed by atoms with Crippen molar-refractivity contribution < 1.29 is 14.6 Å². The van der Waals surface area contributed by atoms with Crippen molar-refractivity contribution in [3.05, 3.63) is 0 Å². The van der Waals surface area contributed by atoms with E-state index in [9.17, 15) is 9.90 Å². The molecule has 0 bridgehead atoms. The Morgan fingerprint density at radius 1 is 1.48 bits per heavy atom. The lowest BCUT2D eigenvalue weighted by atomic mass is 9.51. The number of aliphatic hydroxyl groups is 1. The molecule has 1 saturated heterocycles. The molecule has 5 heteroatoms. The van der Waals surface area contributed by atoms with E-state index in [4.69, 9.17) is 4.74 Å². The first-order chi connectivity index (χ1) is 10.1. The molecule has 4 unspecified atom stereocenters. The molecule has 1 heterocycles. The molecule has 0 radical (unpaired) electrons. The number of nitrogens with zero attached hydrogens (tertiary/aromatic N) is 1. The second-order valence-electron chi connectivity index (χ2n) is 7.05. The number of carbonyl (C=O) groups excluding carboxylic acids is 1. The molecule has 2 N–H and O–H groups in total. The van der Waals surface area contributed by atoms with Gasteiger partial charge in [0.2, 0.25) is 0 Å². The summed E-state index contributed by atoms with van der Waals surface area (Å²) in [5.41, 5.74) is 0.202. The third kappa shape index (κ3) is 2.55. The lowest BCUT2D eigenvalue weighted by Crippen LogP contribution is -2.69. The summed E-state index contributed by atoms with van der Waals surface area (Å²) >= 11 is 0. The first-order valence-electron chi connectivity index (χ1n) is 8.42. The number of piperidine rings is 1. The second kappa shape index (κ2) is 5.76. The largest absolute Gasteiger partial charge is 0.391 e. The van der Waals surface area contributed by atoms with Crippen LogP contribution in [0.25, 0.3) is 0 Å². The Morgan fingerprint density at radius 2 is 2.24 bits per heavy atom. The smallest absolute Gasteiger partial charge is 0.317 e. The van der Waals surface area contributed by atoms with Crippen LogP contribution in [0, 0.1) is 11.3 Å². The molecule has 4 atom stereocenters. The van der Waals surface area contributed by atoms with Crippen LogP contribution in [0.1, 0.15) is 46.0 Å². The molecule has 3 aliphatic rings. The van der Waals surface area contributed by atoms with Gasteiger partial charge in [-0.05, 0) is 38.5 Å².